The number of carbonyl (C=O) groups is 2. The molecule has 0 aliphatic heterocycles. The molecule has 0 aliphatic carbocycles. The molecule has 0 fully saturated rings. The van der Waals surface area contributed by atoms with E-state index >= 15 is 0 Å². The Kier molecular flexibility index (Phi) is 5.28. The van der Waals surface area contributed by atoms with Gasteiger partial charge in [-0.3, -0.25) is 14.7 Å². The highest BCUT2D eigenvalue weighted by Crippen LogP contribution is 2.20. The van der Waals surface area contributed by atoms with Gasteiger partial charge in [-0.15, -0.1) is 0 Å². The van der Waals surface area contributed by atoms with Crippen molar-refractivity contribution in [2.75, 3.05) is 7.11 Å². The second-order valence-electron chi connectivity index (χ2n) is 5.04. The topological polar surface area (TPSA) is 89.0 Å². The lowest BCUT2D eigenvalue weighted by molar-refractivity contribution is -0.120. The van der Waals surface area contributed by atoms with Gasteiger partial charge >= 0.3 is 0 Å². The summed E-state index contributed by atoms with van der Waals surface area (Å²) >= 11 is 5.01. The van der Waals surface area contributed by atoms with E-state index in [9.17, 15) is 9.59 Å². The number of Topliss-reactive ketones (excluding diaryl/α,β-unsaturated/α-hetero) is 1. The van der Waals surface area contributed by atoms with Crippen LogP contribution in [0.25, 0.3) is 0 Å². The van der Waals surface area contributed by atoms with Crippen molar-refractivity contribution < 1.29 is 14.3 Å². The minimum Gasteiger partial charge on any atom is -0.496 e. The maximum atomic E-state index is 12.1. The van der Waals surface area contributed by atoms with Crippen LogP contribution in [0.15, 0.2) is 18.2 Å². The number of nitrogens with zero attached hydrogens (tertiary/aromatic N) is 2. The maximum absolute atomic E-state index is 12.1. The van der Waals surface area contributed by atoms with Gasteiger partial charge in [0, 0.05) is 18.2 Å². The van der Waals surface area contributed by atoms with Crippen LogP contribution in [0, 0.1) is 4.77 Å². The summed E-state index contributed by atoms with van der Waals surface area (Å²) in [6, 6.07) is 5.05. The third-order valence-corrected chi connectivity index (χ3v) is 3.82. The molecular weight excluding hydrogens is 316 g/mol. The number of carbonyl (C=O) groups excluding carboxylic acids is 2. The number of nitrogens with one attached hydrogen (secondary N) is 2. The first kappa shape index (κ1) is 16.9. The van der Waals surface area contributed by atoms with Crippen molar-refractivity contribution in [2.24, 2.45) is 7.05 Å². The number of methoxy groups -OCH3 is 1. The number of hydrogen-bond donors (Lipinski definition) is 2. The highest BCUT2D eigenvalue weighted by Gasteiger charge is 2.12. The molecule has 1 amide bonds. The Bertz CT molecular complexity index is 794. The Morgan fingerprint density at radius 1 is 1.43 bits per heavy atom. The number of aromatic amines is 1. The average Bonchev–Trinajstić information content (AvgIpc) is 2.84. The van der Waals surface area contributed by atoms with Crippen molar-refractivity contribution in [1.82, 2.24) is 20.1 Å². The van der Waals surface area contributed by atoms with Gasteiger partial charge in [0.25, 0.3) is 0 Å². The summed E-state index contributed by atoms with van der Waals surface area (Å²) < 4.78 is 7.42. The molecule has 1 aromatic heterocycles. The molecule has 0 spiro atoms. The number of H-pyrrole nitrogens is 1. The average molecular weight is 334 g/mol. The molecule has 0 aliphatic rings. The monoisotopic (exact) mass is 334 g/mol. The largest absolute Gasteiger partial charge is 0.496 e. The van der Waals surface area contributed by atoms with Crippen molar-refractivity contribution in [3.05, 3.63) is 39.9 Å². The number of rotatable bonds is 6. The fraction of sp³-hybridized carbons (Fsp3) is 0.333. The number of ketones is 1. The van der Waals surface area contributed by atoms with Gasteiger partial charge in [-0.1, -0.05) is 0 Å². The molecule has 8 heteroatoms. The lowest BCUT2D eigenvalue weighted by Crippen LogP contribution is -2.26. The van der Waals surface area contributed by atoms with E-state index in [4.69, 9.17) is 17.0 Å². The summed E-state index contributed by atoms with van der Waals surface area (Å²) in [6.45, 7) is 1.74. The molecule has 0 bridgehead atoms. The standard InChI is InChI=1S/C15H18N4O3S/c1-9(20)10-4-5-12(22-3)11(6-10)7-14(21)16-8-13-17-18-15(23)19(13)2/h4-6H,7-8H2,1-3H3,(H,16,21)(H,18,23). The van der Waals surface area contributed by atoms with Gasteiger partial charge < -0.3 is 14.6 Å². The quantitative estimate of drug-likeness (QED) is 0.618. The van der Waals surface area contributed by atoms with Gasteiger partial charge in [-0.05, 0) is 37.3 Å². The maximum Gasteiger partial charge on any atom is 0.224 e. The molecule has 2 rings (SSSR count). The molecule has 0 radical (unpaired) electrons. The van der Waals surface area contributed by atoms with Crippen LogP contribution in [0.3, 0.4) is 0 Å². The lowest BCUT2D eigenvalue weighted by atomic mass is 10.0. The zero-order chi connectivity index (χ0) is 17.0. The molecule has 0 atom stereocenters. The lowest BCUT2D eigenvalue weighted by Gasteiger charge is -2.10. The summed E-state index contributed by atoms with van der Waals surface area (Å²) in [6.07, 6.45) is 0.110. The Morgan fingerprint density at radius 2 is 2.17 bits per heavy atom. The summed E-state index contributed by atoms with van der Waals surface area (Å²) in [4.78, 5) is 23.6. The van der Waals surface area contributed by atoms with Gasteiger partial charge in [0.2, 0.25) is 5.91 Å². The van der Waals surface area contributed by atoms with Crippen LogP contribution in [0.2, 0.25) is 0 Å². The molecule has 122 valence electrons. The molecule has 23 heavy (non-hydrogen) atoms. The second-order valence-corrected chi connectivity index (χ2v) is 5.43. The van der Waals surface area contributed by atoms with Crippen molar-refractivity contribution in [3.63, 3.8) is 0 Å². The Hall–Kier alpha value is -2.48. The molecule has 2 N–H and O–H groups in total. The van der Waals surface area contributed by atoms with Crippen molar-refractivity contribution in [3.8, 4) is 5.75 Å². The molecule has 0 saturated heterocycles. The van der Waals surface area contributed by atoms with Crippen LogP contribution in [0.5, 0.6) is 5.75 Å². The predicted molar refractivity (Wildman–Crippen MR) is 86.9 cm³/mol. The SMILES string of the molecule is COc1ccc(C(C)=O)cc1CC(=O)NCc1n[nH]c(=S)n1C. The molecule has 1 heterocycles. The van der Waals surface area contributed by atoms with Gasteiger partial charge in [0.05, 0.1) is 20.1 Å². The third kappa shape index (κ3) is 4.04. The molecular formula is C15H18N4O3S. The predicted octanol–water partition coefficient (Wildman–Crippen LogP) is 1.55. The summed E-state index contributed by atoms with van der Waals surface area (Å²) in [5.41, 5.74) is 1.20. The van der Waals surface area contributed by atoms with Gasteiger partial charge in [0.15, 0.2) is 16.4 Å². The first-order valence-corrected chi connectivity index (χ1v) is 7.38. The van der Waals surface area contributed by atoms with Crippen LogP contribution in [0.4, 0.5) is 0 Å². The van der Waals surface area contributed by atoms with E-state index in [0.717, 1.165) is 0 Å². The first-order chi connectivity index (χ1) is 10.9. The van der Waals surface area contributed by atoms with E-state index in [1.807, 2.05) is 0 Å². The molecule has 1 aromatic carbocycles. The Balaban J connectivity index is 2.07. The van der Waals surface area contributed by atoms with E-state index < -0.39 is 0 Å². The summed E-state index contributed by atoms with van der Waals surface area (Å²) in [7, 11) is 3.30. The zero-order valence-electron chi connectivity index (χ0n) is 13.2. The van der Waals surface area contributed by atoms with E-state index in [1.54, 1.807) is 29.8 Å². The van der Waals surface area contributed by atoms with Crippen LogP contribution in [-0.4, -0.2) is 33.6 Å². The van der Waals surface area contributed by atoms with Crippen LogP contribution in [-0.2, 0) is 24.8 Å². The van der Waals surface area contributed by atoms with Crippen LogP contribution in [0.1, 0.15) is 28.7 Å². The number of hydrogen-bond acceptors (Lipinski definition) is 5. The second kappa shape index (κ2) is 7.19. The van der Waals surface area contributed by atoms with Crippen LogP contribution < -0.4 is 10.1 Å². The first-order valence-electron chi connectivity index (χ1n) is 6.97. The fourth-order valence-corrected chi connectivity index (χ4v) is 2.24. The van der Waals surface area contributed by atoms with Crippen molar-refractivity contribution >= 4 is 23.9 Å². The van der Waals surface area contributed by atoms with Crippen molar-refractivity contribution in [2.45, 2.75) is 19.9 Å². The Morgan fingerprint density at radius 3 is 2.74 bits per heavy atom. The third-order valence-electron chi connectivity index (χ3n) is 3.45. The van der Waals surface area contributed by atoms with Crippen LogP contribution >= 0.6 is 12.2 Å². The smallest absolute Gasteiger partial charge is 0.224 e. The van der Waals surface area contributed by atoms with E-state index in [0.29, 0.717) is 27.5 Å². The van der Waals surface area contributed by atoms with Gasteiger partial charge in [-0.25, -0.2) is 0 Å². The highest BCUT2D eigenvalue weighted by atomic mass is 32.1. The van der Waals surface area contributed by atoms with E-state index in [1.165, 1.54) is 14.0 Å². The molecule has 0 unspecified atom stereocenters. The van der Waals surface area contributed by atoms with Gasteiger partial charge in [0.1, 0.15) is 5.75 Å². The molecule has 7 nitrogen and oxygen atoms in total. The number of benzene rings is 1. The summed E-state index contributed by atoms with van der Waals surface area (Å²) in [5.74, 6) is 0.949. The summed E-state index contributed by atoms with van der Waals surface area (Å²) in [5, 5.41) is 9.46. The number of ether oxygens (including phenoxy) is 1. The normalized spacial score (nSPS) is 10.4. The van der Waals surface area contributed by atoms with Gasteiger partial charge in [-0.2, -0.15) is 5.10 Å². The number of aromatic nitrogens is 3. The minimum absolute atomic E-state index is 0.0594. The van der Waals surface area contributed by atoms with Crippen molar-refractivity contribution in [1.29, 1.82) is 0 Å². The van der Waals surface area contributed by atoms with E-state index in [-0.39, 0.29) is 24.7 Å². The fourth-order valence-electron chi connectivity index (χ4n) is 2.09. The number of amides is 1. The zero-order valence-corrected chi connectivity index (χ0v) is 14.0. The molecule has 0 saturated carbocycles. The minimum atomic E-state index is -0.196. The highest BCUT2D eigenvalue weighted by molar-refractivity contribution is 7.71. The van der Waals surface area contributed by atoms with E-state index in [2.05, 4.69) is 15.5 Å². The molecule has 2 aromatic rings. The Labute approximate surface area is 138 Å².